The molecule has 4 nitrogen and oxygen atoms in total. The second kappa shape index (κ2) is 8.14. The summed E-state index contributed by atoms with van der Waals surface area (Å²) in [6.07, 6.45) is 4.90. The molecule has 1 saturated heterocycles. The Hall–Kier alpha value is -1.05. The van der Waals surface area contributed by atoms with Crippen molar-refractivity contribution in [1.82, 2.24) is 10.2 Å². The molecule has 1 fully saturated rings. The van der Waals surface area contributed by atoms with Crippen LogP contribution in [0, 0.1) is 11.3 Å². The summed E-state index contributed by atoms with van der Waals surface area (Å²) >= 11 is 0. The highest BCUT2D eigenvalue weighted by atomic mass is 16.5. The average molecular weight is 223 g/mol. The molecule has 0 atom stereocenters. The van der Waals surface area contributed by atoms with Gasteiger partial charge >= 0.3 is 0 Å². The molecule has 1 N–H and O–H groups in total. The van der Waals surface area contributed by atoms with E-state index in [9.17, 15) is 0 Å². The lowest BCUT2D eigenvalue weighted by Crippen LogP contribution is -2.36. The Morgan fingerprint density at radius 2 is 2.19 bits per heavy atom. The SMILES string of the molecule is CN/C=C(\C#N)CCCCN1CCOCC1. The molecule has 1 rings (SSSR count). The molecule has 0 aromatic heterocycles. The maximum Gasteiger partial charge on any atom is 0.0962 e. The first-order valence-corrected chi connectivity index (χ1v) is 5.93. The molecule has 0 aromatic rings. The van der Waals surface area contributed by atoms with Crippen molar-refractivity contribution in [3.05, 3.63) is 11.8 Å². The number of morpholine rings is 1. The predicted molar refractivity (Wildman–Crippen MR) is 63.9 cm³/mol. The zero-order valence-electron chi connectivity index (χ0n) is 10.0. The van der Waals surface area contributed by atoms with Crippen LogP contribution in [0.15, 0.2) is 11.8 Å². The van der Waals surface area contributed by atoms with Gasteiger partial charge in [0.15, 0.2) is 0 Å². The number of allylic oxidation sites excluding steroid dienone is 1. The van der Waals surface area contributed by atoms with Crippen molar-refractivity contribution >= 4 is 0 Å². The smallest absolute Gasteiger partial charge is 0.0962 e. The van der Waals surface area contributed by atoms with Gasteiger partial charge in [0.25, 0.3) is 0 Å². The van der Waals surface area contributed by atoms with Crippen molar-refractivity contribution in [2.24, 2.45) is 0 Å². The van der Waals surface area contributed by atoms with Gasteiger partial charge in [-0.25, -0.2) is 0 Å². The molecule has 0 bridgehead atoms. The lowest BCUT2D eigenvalue weighted by atomic mass is 10.1. The number of ether oxygens (including phenoxy) is 1. The maximum atomic E-state index is 8.82. The summed E-state index contributed by atoms with van der Waals surface area (Å²) in [7, 11) is 1.82. The monoisotopic (exact) mass is 223 g/mol. The normalized spacial score (nSPS) is 18.1. The van der Waals surface area contributed by atoms with Crippen LogP contribution in [-0.4, -0.2) is 44.8 Å². The summed E-state index contributed by atoms with van der Waals surface area (Å²) in [6, 6.07) is 2.21. The minimum absolute atomic E-state index is 0.837. The second-order valence-electron chi connectivity index (χ2n) is 3.98. The molecule has 0 saturated carbocycles. The van der Waals surface area contributed by atoms with Gasteiger partial charge in [0.05, 0.1) is 19.3 Å². The third-order valence-electron chi connectivity index (χ3n) is 2.74. The molecular formula is C12H21N3O. The zero-order chi connectivity index (χ0) is 11.6. The van der Waals surface area contributed by atoms with Gasteiger partial charge in [-0.1, -0.05) is 0 Å². The molecule has 0 unspecified atom stereocenters. The van der Waals surface area contributed by atoms with Gasteiger partial charge in [-0.2, -0.15) is 5.26 Å². The van der Waals surface area contributed by atoms with Crippen LogP contribution in [-0.2, 0) is 4.74 Å². The van der Waals surface area contributed by atoms with E-state index in [-0.39, 0.29) is 0 Å². The summed E-state index contributed by atoms with van der Waals surface area (Å²) in [5.74, 6) is 0. The number of hydrogen-bond acceptors (Lipinski definition) is 4. The topological polar surface area (TPSA) is 48.3 Å². The Labute approximate surface area is 97.9 Å². The van der Waals surface area contributed by atoms with Gasteiger partial charge in [-0.15, -0.1) is 0 Å². The van der Waals surface area contributed by atoms with E-state index in [4.69, 9.17) is 10.00 Å². The molecule has 0 aliphatic carbocycles. The van der Waals surface area contributed by atoms with E-state index < -0.39 is 0 Å². The van der Waals surface area contributed by atoms with E-state index in [2.05, 4.69) is 16.3 Å². The van der Waals surface area contributed by atoms with Crippen LogP contribution < -0.4 is 5.32 Å². The molecule has 1 aliphatic heterocycles. The Morgan fingerprint density at radius 1 is 1.44 bits per heavy atom. The summed E-state index contributed by atoms with van der Waals surface area (Å²) in [6.45, 7) is 4.96. The fourth-order valence-corrected chi connectivity index (χ4v) is 1.81. The lowest BCUT2D eigenvalue weighted by molar-refractivity contribution is 0.0372. The fraction of sp³-hybridized carbons (Fsp3) is 0.750. The quantitative estimate of drug-likeness (QED) is 0.541. The van der Waals surface area contributed by atoms with Crippen LogP contribution in [0.1, 0.15) is 19.3 Å². The van der Waals surface area contributed by atoms with Gasteiger partial charge in [-0.05, 0) is 25.8 Å². The van der Waals surface area contributed by atoms with Crippen molar-refractivity contribution in [3.63, 3.8) is 0 Å². The summed E-state index contributed by atoms with van der Waals surface area (Å²) in [5.41, 5.74) is 0.837. The van der Waals surface area contributed by atoms with E-state index >= 15 is 0 Å². The van der Waals surface area contributed by atoms with E-state index in [1.807, 2.05) is 7.05 Å². The second-order valence-corrected chi connectivity index (χ2v) is 3.98. The van der Waals surface area contributed by atoms with E-state index in [0.717, 1.165) is 57.7 Å². The summed E-state index contributed by atoms with van der Waals surface area (Å²) in [4.78, 5) is 2.43. The number of nitrogens with zero attached hydrogens (tertiary/aromatic N) is 2. The lowest BCUT2D eigenvalue weighted by Gasteiger charge is -2.26. The molecule has 0 amide bonds. The number of nitrogens with one attached hydrogen (secondary N) is 1. The van der Waals surface area contributed by atoms with Gasteiger partial charge in [0, 0.05) is 31.9 Å². The third kappa shape index (κ3) is 5.15. The van der Waals surface area contributed by atoms with Crippen molar-refractivity contribution < 1.29 is 4.74 Å². The molecule has 0 radical (unpaired) electrons. The van der Waals surface area contributed by atoms with Crippen molar-refractivity contribution in [3.8, 4) is 6.07 Å². The fourth-order valence-electron chi connectivity index (χ4n) is 1.81. The van der Waals surface area contributed by atoms with E-state index in [0.29, 0.717) is 0 Å². The van der Waals surface area contributed by atoms with Crippen molar-refractivity contribution in [2.75, 3.05) is 39.9 Å². The van der Waals surface area contributed by atoms with E-state index in [1.54, 1.807) is 6.20 Å². The molecule has 1 heterocycles. The van der Waals surface area contributed by atoms with Crippen molar-refractivity contribution in [2.45, 2.75) is 19.3 Å². The zero-order valence-corrected chi connectivity index (χ0v) is 10.0. The molecule has 16 heavy (non-hydrogen) atoms. The highest BCUT2D eigenvalue weighted by molar-refractivity contribution is 5.19. The Morgan fingerprint density at radius 3 is 2.81 bits per heavy atom. The highest BCUT2D eigenvalue weighted by Gasteiger charge is 2.09. The Balaban J connectivity index is 2.06. The minimum Gasteiger partial charge on any atom is -0.393 e. The molecular weight excluding hydrogens is 202 g/mol. The van der Waals surface area contributed by atoms with Crippen LogP contribution in [0.5, 0.6) is 0 Å². The number of unbranched alkanes of at least 4 members (excludes halogenated alkanes) is 1. The first-order valence-electron chi connectivity index (χ1n) is 5.93. The van der Waals surface area contributed by atoms with Gasteiger partial charge in [-0.3, -0.25) is 4.90 Å². The first-order chi connectivity index (χ1) is 7.86. The molecule has 1 aliphatic rings. The minimum atomic E-state index is 0.837. The van der Waals surface area contributed by atoms with Crippen LogP contribution in [0.2, 0.25) is 0 Å². The third-order valence-corrected chi connectivity index (χ3v) is 2.74. The molecule has 0 spiro atoms. The van der Waals surface area contributed by atoms with E-state index in [1.165, 1.54) is 0 Å². The molecule has 90 valence electrons. The maximum absolute atomic E-state index is 8.82. The molecule has 0 aromatic carbocycles. The van der Waals surface area contributed by atoms with Crippen LogP contribution >= 0.6 is 0 Å². The average Bonchev–Trinajstić information content (AvgIpc) is 2.34. The Bertz CT molecular complexity index is 251. The van der Waals surface area contributed by atoms with Crippen LogP contribution in [0.4, 0.5) is 0 Å². The largest absolute Gasteiger partial charge is 0.393 e. The van der Waals surface area contributed by atoms with Crippen LogP contribution in [0.3, 0.4) is 0 Å². The predicted octanol–water partition coefficient (Wildman–Crippen LogP) is 1.12. The van der Waals surface area contributed by atoms with Gasteiger partial charge < -0.3 is 10.1 Å². The van der Waals surface area contributed by atoms with Gasteiger partial charge in [0.1, 0.15) is 0 Å². The number of hydrogen-bond donors (Lipinski definition) is 1. The first kappa shape index (κ1) is 13.0. The summed E-state index contributed by atoms with van der Waals surface area (Å²) < 4.78 is 5.29. The number of rotatable bonds is 6. The van der Waals surface area contributed by atoms with Crippen molar-refractivity contribution in [1.29, 1.82) is 5.26 Å². The standard InChI is InChI=1S/C12H21N3O/c1-14-11-12(10-13)4-2-3-5-15-6-8-16-9-7-15/h11,14H,2-9H2,1H3/b12-11-. The Kier molecular flexibility index (Phi) is 6.62. The molecule has 4 heteroatoms. The highest BCUT2D eigenvalue weighted by Crippen LogP contribution is 2.07. The van der Waals surface area contributed by atoms with Crippen LogP contribution in [0.25, 0.3) is 0 Å². The van der Waals surface area contributed by atoms with Gasteiger partial charge in [0.2, 0.25) is 0 Å². The summed E-state index contributed by atoms with van der Waals surface area (Å²) in [5, 5.41) is 11.7. The number of nitriles is 1.